The number of hydrogen-bond acceptors (Lipinski definition) is 4. The van der Waals surface area contributed by atoms with Gasteiger partial charge in [0.15, 0.2) is 0 Å². The molecular weight excluding hydrogens is 242 g/mol. The van der Waals surface area contributed by atoms with E-state index < -0.39 is 0 Å². The van der Waals surface area contributed by atoms with Gasteiger partial charge < -0.3 is 5.32 Å². The molecule has 1 aromatic rings. The summed E-state index contributed by atoms with van der Waals surface area (Å²) in [5.74, 6) is 1.98. The molecule has 1 N–H and O–H groups in total. The van der Waals surface area contributed by atoms with Gasteiger partial charge in [0.2, 0.25) is 0 Å². The molecule has 0 radical (unpaired) electrons. The van der Waals surface area contributed by atoms with Crippen LogP contribution in [-0.2, 0) is 0 Å². The fourth-order valence-electron chi connectivity index (χ4n) is 2.74. The van der Waals surface area contributed by atoms with E-state index in [1.807, 2.05) is 0 Å². The van der Waals surface area contributed by atoms with Crippen LogP contribution in [0.1, 0.15) is 38.2 Å². The van der Waals surface area contributed by atoms with Crippen molar-refractivity contribution in [2.24, 2.45) is 11.8 Å². The van der Waals surface area contributed by atoms with E-state index in [-0.39, 0.29) is 10.6 Å². The minimum atomic E-state index is -0.356. The largest absolute Gasteiger partial charge is 0.370 e. The maximum absolute atomic E-state index is 10.9. The van der Waals surface area contributed by atoms with E-state index >= 15 is 0 Å². The second-order valence-corrected chi connectivity index (χ2v) is 5.52. The van der Waals surface area contributed by atoms with E-state index in [1.54, 1.807) is 13.1 Å². The molecule has 0 saturated heterocycles. The summed E-state index contributed by atoms with van der Waals surface area (Å²) in [5, 5.41) is 14.1. The minimum Gasteiger partial charge on any atom is -0.370 e. The minimum absolute atomic E-state index is 0.134. The molecule has 2 rings (SSSR count). The van der Waals surface area contributed by atoms with Crippen LogP contribution in [0.5, 0.6) is 0 Å². The van der Waals surface area contributed by atoms with Gasteiger partial charge in [0.25, 0.3) is 5.69 Å². The quantitative estimate of drug-likeness (QED) is 0.666. The molecule has 1 aliphatic carbocycles. The van der Waals surface area contributed by atoms with Gasteiger partial charge in [0, 0.05) is 18.3 Å². The van der Waals surface area contributed by atoms with E-state index in [2.05, 4.69) is 17.2 Å². The topological polar surface area (TPSA) is 68.1 Å². The highest BCUT2D eigenvalue weighted by Crippen LogP contribution is 2.30. The van der Waals surface area contributed by atoms with Crippen LogP contribution in [0.25, 0.3) is 0 Å². The number of nitrogens with one attached hydrogen (secondary N) is 1. The number of rotatable bonds is 4. The Balaban J connectivity index is 1.99. The monoisotopic (exact) mass is 263 g/mol. The van der Waals surface area contributed by atoms with E-state index in [9.17, 15) is 10.1 Å². The summed E-state index contributed by atoms with van der Waals surface area (Å²) in [5.41, 5.74) is 0.732. The van der Waals surface area contributed by atoms with Crippen molar-refractivity contribution in [1.29, 1.82) is 0 Å². The molecule has 0 bridgehead atoms. The Morgan fingerprint density at radius 3 is 2.89 bits per heavy atom. The highest BCUT2D eigenvalue weighted by molar-refractivity contribution is 5.48. The molecule has 0 amide bonds. The fourth-order valence-corrected chi connectivity index (χ4v) is 2.74. The van der Waals surface area contributed by atoms with E-state index in [4.69, 9.17) is 0 Å². The maximum atomic E-state index is 10.9. The van der Waals surface area contributed by atoms with Crippen LogP contribution in [0.4, 0.5) is 11.5 Å². The van der Waals surface area contributed by atoms with Gasteiger partial charge in [-0.05, 0) is 25.2 Å². The Morgan fingerprint density at radius 2 is 2.21 bits per heavy atom. The van der Waals surface area contributed by atoms with Crippen LogP contribution in [-0.4, -0.2) is 16.5 Å². The lowest BCUT2D eigenvalue weighted by atomic mass is 9.80. The normalized spacial score (nSPS) is 23.1. The maximum Gasteiger partial charge on any atom is 0.277 e. The average Bonchev–Trinajstić information content (AvgIpc) is 2.39. The second-order valence-electron chi connectivity index (χ2n) is 5.52. The number of nitrogens with zero attached hydrogens (tertiary/aromatic N) is 2. The predicted molar refractivity (Wildman–Crippen MR) is 75.2 cm³/mol. The number of anilines is 1. The van der Waals surface area contributed by atoms with Crippen molar-refractivity contribution >= 4 is 11.5 Å². The zero-order chi connectivity index (χ0) is 13.8. The molecule has 1 saturated carbocycles. The average molecular weight is 263 g/mol. The fraction of sp³-hybridized carbons (Fsp3) is 0.643. The lowest BCUT2D eigenvalue weighted by molar-refractivity contribution is -0.385. The van der Waals surface area contributed by atoms with Crippen molar-refractivity contribution in [3.63, 3.8) is 0 Å². The molecule has 2 atom stereocenters. The molecule has 19 heavy (non-hydrogen) atoms. The predicted octanol–water partition coefficient (Wildman–Crippen LogP) is 3.54. The summed E-state index contributed by atoms with van der Waals surface area (Å²) in [4.78, 5) is 14.7. The van der Waals surface area contributed by atoms with Crippen molar-refractivity contribution in [3.8, 4) is 0 Å². The van der Waals surface area contributed by atoms with Gasteiger partial charge >= 0.3 is 0 Å². The molecule has 5 nitrogen and oxygen atoms in total. The summed E-state index contributed by atoms with van der Waals surface area (Å²) in [6.07, 6.45) is 6.70. The molecule has 1 heterocycles. The Morgan fingerprint density at radius 1 is 1.47 bits per heavy atom. The first-order valence-corrected chi connectivity index (χ1v) is 6.93. The van der Waals surface area contributed by atoms with Crippen LogP contribution >= 0.6 is 0 Å². The van der Waals surface area contributed by atoms with Crippen molar-refractivity contribution in [2.45, 2.75) is 39.5 Å². The highest BCUT2D eigenvalue weighted by Gasteiger charge is 2.21. The lowest BCUT2D eigenvalue weighted by Gasteiger charge is -2.28. The molecule has 1 aliphatic rings. The third-order valence-electron chi connectivity index (χ3n) is 4.11. The standard InChI is InChI=1S/C14H21N3O2/c1-10-5-3-4-6-12(10)9-16-14-7-13(17(18)19)11(2)8-15-14/h7-8,10,12H,3-6,9H2,1-2H3,(H,15,16). The summed E-state index contributed by atoms with van der Waals surface area (Å²) < 4.78 is 0. The summed E-state index contributed by atoms with van der Waals surface area (Å²) in [6, 6.07) is 1.53. The van der Waals surface area contributed by atoms with E-state index in [1.165, 1.54) is 31.7 Å². The third kappa shape index (κ3) is 3.43. The third-order valence-corrected chi connectivity index (χ3v) is 4.11. The van der Waals surface area contributed by atoms with Crippen LogP contribution in [0.2, 0.25) is 0 Å². The van der Waals surface area contributed by atoms with Gasteiger partial charge in [0.05, 0.1) is 11.0 Å². The Kier molecular flexibility index (Phi) is 4.35. The summed E-state index contributed by atoms with van der Waals surface area (Å²) in [7, 11) is 0. The molecule has 0 aliphatic heterocycles. The van der Waals surface area contributed by atoms with Gasteiger partial charge in [0.1, 0.15) is 5.82 Å². The van der Waals surface area contributed by atoms with Crippen molar-refractivity contribution in [2.75, 3.05) is 11.9 Å². The zero-order valence-electron chi connectivity index (χ0n) is 11.6. The van der Waals surface area contributed by atoms with Gasteiger partial charge in [-0.1, -0.05) is 26.2 Å². The first-order valence-electron chi connectivity index (χ1n) is 6.93. The van der Waals surface area contributed by atoms with Crippen LogP contribution in [0, 0.1) is 28.9 Å². The van der Waals surface area contributed by atoms with Gasteiger partial charge in [-0.2, -0.15) is 0 Å². The van der Waals surface area contributed by atoms with Gasteiger partial charge in [-0.25, -0.2) is 4.98 Å². The van der Waals surface area contributed by atoms with Gasteiger partial charge in [-0.15, -0.1) is 0 Å². The zero-order valence-corrected chi connectivity index (χ0v) is 11.6. The second kappa shape index (κ2) is 5.99. The number of hydrogen-bond donors (Lipinski definition) is 1. The van der Waals surface area contributed by atoms with Crippen molar-refractivity contribution in [1.82, 2.24) is 4.98 Å². The number of nitro groups is 1. The van der Waals surface area contributed by atoms with Crippen molar-refractivity contribution < 1.29 is 4.92 Å². The molecule has 1 aromatic heterocycles. The number of aromatic nitrogens is 1. The molecule has 5 heteroatoms. The van der Waals surface area contributed by atoms with Crippen LogP contribution in [0.3, 0.4) is 0 Å². The van der Waals surface area contributed by atoms with E-state index in [0.29, 0.717) is 17.3 Å². The molecule has 1 fully saturated rings. The summed E-state index contributed by atoms with van der Waals surface area (Å²) >= 11 is 0. The van der Waals surface area contributed by atoms with E-state index in [0.717, 1.165) is 12.5 Å². The Bertz CT molecular complexity index is 462. The first kappa shape index (κ1) is 13.8. The van der Waals surface area contributed by atoms with Gasteiger partial charge in [-0.3, -0.25) is 10.1 Å². The smallest absolute Gasteiger partial charge is 0.277 e. The highest BCUT2D eigenvalue weighted by atomic mass is 16.6. The van der Waals surface area contributed by atoms with Crippen LogP contribution in [0.15, 0.2) is 12.3 Å². The molecule has 0 aromatic carbocycles. The van der Waals surface area contributed by atoms with Crippen molar-refractivity contribution in [3.05, 3.63) is 27.9 Å². The molecular formula is C14H21N3O2. The molecule has 2 unspecified atom stereocenters. The SMILES string of the molecule is Cc1cnc(NCC2CCCCC2C)cc1[N+](=O)[O-]. The van der Waals surface area contributed by atoms with Crippen LogP contribution < -0.4 is 5.32 Å². The molecule has 0 spiro atoms. The first-order chi connectivity index (χ1) is 9.08. The Labute approximate surface area is 113 Å². The number of aryl methyl sites for hydroxylation is 1. The molecule has 104 valence electrons. The Hall–Kier alpha value is -1.65. The number of pyridine rings is 1. The lowest BCUT2D eigenvalue weighted by Crippen LogP contribution is -2.24. The summed E-state index contributed by atoms with van der Waals surface area (Å²) in [6.45, 7) is 4.85.